The van der Waals surface area contributed by atoms with E-state index in [1.165, 1.54) is 30.3 Å². The molecule has 3 amide bonds. The van der Waals surface area contributed by atoms with Crippen molar-refractivity contribution < 1.29 is 33.8 Å². The number of carbonyl (C=O) groups excluding carboxylic acids is 4. The lowest BCUT2D eigenvalue weighted by Gasteiger charge is -2.13. The zero-order valence-corrected chi connectivity index (χ0v) is 23.3. The van der Waals surface area contributed by atoms with Crippen LogP contribution in [0.2, 0.25) is 5.02 Å². The van der Waals surface area contributed by atoms with Crippen molar-refractivity contribution in [2.24, 2.45) is 0 Å². The van der Waals surface area contributed by atoms with E-state index in [4.69, 9.17) is 21.4 Å². The predicted molar refractivity (Wildman–Crippen MR) is 151 cm³/mol. The smallest absolute Gasteiger partial charge is 0.339 e. The molecule has 12 heteroatoms. The summed E-state index contributed by atoms with van der Waals surface area (Å²) < 4.78 is 6.86. The van der Waals surface area contributed by atoms with Gasteiger partial charge < -0.3 is 19.7 Å². The molecule has 0 aliphatic carbocycles. The van der Waals surface area contributed by atoms with Crippen LogP contribution >= 0.6 is 23.4 Å². The standard InChI is InChI=1S/C28H24ClN3O7S/c1-4-39-27(37)21-13-19(7-10-22(21)29)30-24(33)14-31-25(34)23(40-28(31)38)12-18-11-15(2)32(16(18)3)20-8-5-17(6-9-20)26(35)36/h5-13H,4,14H2,1-3H3,(H,30,33)(H,35,36)/b23-12+. The number of hydrogen-bond acceptors (Lipinski definition) is 7. The molecule has 1 aromatic heterocycles. The van der Waals surface area contributed by atoms with Crippen LogP contribution in [-0.2, 0) is 14.3 Å². The number of esters is 1. The third-order valence-electron chi connectivity index (χ3n) is 6.05. The van der Waals surface area contributed by atoms with Crippen molar-refractivity contribution in [3.05, 3.63) is 86.5 Å². The minimum atomic E-state index is -1.02. The molecule has 0 radical (unpaired) electrons. The summed E-state index contributed by atoms with van der Waals surface area (Å²) in [6, 6.07) is 12.5. The largest absolute Gasteiger partial charge is 0.478 e. The van der Waals surface area contributed by atoms with Crippen molar-refractivity contribution in [2.45, 2.75) is 20.8 Å². The number of nitrogens with zero attached hydrogens (tertiary/aromatic N) is 2. The summed E-state index contributed by atoms with van der Waals surface area (Å²) in [4.78, 5) is 62.6. The minimum absolute atomic E-state index is 0.0749. The molecule has 0 bridgehead atoms. The van der Waals surface area contributed by atoms with Crippen molar-refractivity contribution in [2.75, 3.05) is 18.5 Å². The molecule has 40 heavy (non-hydrogen) atoms. The van der Waals surface area contributed by atoms with Gasteiger partial charge in [0.2, 0.25) is 5.91 Å². The topological polar surface area (TPSA) is 135 Å². The number of nitrogens with one attached hydrogen (secondary N) is 1. The molecule has 1 aliphatic rings. The van der Waals surface area contributed by atoms with Gasteiger partial charge >= 0.3 is 11.9 Å². The molecule has 0 saturated carbocycles. The first-order valence-corrected chi connectivity index (χ1v) is 13.2. The van der Waals surface area contributed by atoms with Gasteiger partial charge in [0.15, 0.2) is 0 Å². The molecule has 2 aromatic carbocycles. The number of carbonyl (C=O) groups is 5. The van der Waals surface area contributed by atoms with Gasteiger partial charge in [-0.25, -0.2) is 9.59 Å². The first kappa shape index (κ1) is 28.7. The number of aryl methyl sites for hydroxylation is 1. The Morgan fingerprint density at radius 1 is 1.07 bits per heavy atom. The monoisotopic (exact) mass is 581 g/mol. The number of anilines is 1. The van der Waals surface area contributed by atoms with Crippen molar-refractivity contribution in [1.29, 1.82) is 0 Å². The van der Waals surface area contributed by atoms with E-state index in [9.17, 15) is 24.0 Å². The number of halogens is 1. The molecule has 0 atom stereocenters. The van der Waals surface area contributed by atoms with Crippen LogP contribution in [0, 0.1) is 13.8 Å². The van der Waals surface area contributed by atoms with Crippen LogP contribution < -0.4 is 5.32 Å². The lowest BCUT2D eigenvalue weighted by atomic mass is 10.2. The number of carboxylic acid groups (broad SMARTS) is 1. The molecule has 1 aliphatic heterocycles. The number of hydrogen-bond donors (Lipinski definition) is 2. The van der Waals surface area contributed by atoms with Crippen LogP contribution in [0.3, 0.4) is 0 Å². The highest BCUT2D eigenvalue weighted by atomic mass is 35.5. The van der Waals surface area contributed by atoms with Gasteiger partial charge in [-0.3, -0.25) is 19.3 Å². The quantitative estimate of drug-likeness (QED) is 0.270. The van der Waals surface area contributed by atoms with Crippen molar-refractivity contribution in [3.8, 4) is 5.69 Å². The zero-order chi connectivity index (χ0) is 29.1. The van der Waals surface area contributed by atoms with Crippen LogP contribution in [0.15, 0.2) is 53.4 Å². The first-order valence-electron chi connectivity index (χ1n) is 12.0. The molecule has 206 valence electrons. The number of aromatic nitrogens is 1. The average molecular weight is 582 g/mol. The molecule has 0 unspecified atom stereocenters. The third kappa shape index (κ3) is 5.95. The van der Waals surface area contributed by atoms with Crippen LogP contribution in [0.1, 0.15) is 44.6 Å². The molecule has 0 spiro atoms. The summed E-state index contributed by atoms with van der Waals surface area (Å²) in [5.74, 6) is -2.91. The van der Waals surface area contributed by atoms with Gasteiger partial charge in [-0.1, -0.05) is 11.6 Å². The van der Waals surface area contributed by atoms with Crippen LogP contribution in [-0.4, -0.2) is 56.7 Å². The number of amides is 3. The second kappa shape index (κ2) is 11.8. The Labute approximate surface area is 238 Å². The Bertz CT molecular complexity index is 1580. The Balaban J connectivity index is 1.49. The average Bonchev–Trinajstić information content (AvgIpc) is 3.33. The van der Waals surface area contributed by atoms with E-state index in [1.54, 1.807) is 25.1 Å². The van der Waals surface area contributed by atoms with E-state index in [0.29, 0.717) is 5.56 Å². The van der Waals surface area contributed by atoms with E-state index in [-0.39, 0.29) is 33.3 Å². The summed E-state index contributed by atoms with van der Waals surface area (Å²) in [6.45, 7) is 5.01. The number of aromatic carboxylic acids is 1. The summed E-state index contributed by atoms with van der Waals surface area (Å²) in [5, 5.41) is 11.3. The minimum Gasteiger partial charge on any atom is -0.478 e. The van der Waals surface area contributed by atoms with Gasteiger partial charge in [-0.2, -0.15) is 0 Å². The Morgan fingerprint density at radius 3 is 2.42 bits per heavy atom. The fourth-order valence-electron chi connectivity index (χ4n) is 4.17. The highest BCUT2D eigenvalue weighted by molar-refractivity contribution is 8.18. The van der Waals surface area contributed by atoms with Crippen molar-refractivity contribution in [1.82, 2.24) is 9.47 Å². The van der Waals surface area contributed by atoms with E-state index in [2.05, 4.69) is 5.32 Å². The second-order valence-electron chi connectivity index (χ2n) is 8.75. The van der Waals surface area contributed by atoms with E-state index in [1.807, 2.05) is 24.5 Å². The number of benzene rings is 2. The maximum Gasteiger partial charge on any atom is 0.339 e. The molecular formula is C28H24ClN3O7S. The van der Waals surface area contributed by atoms with Gasteiger partial charge in [-0.05, 0) is 92.7 Å². The summed E-state index contributed by atoms with van der Waals surface area (Å²) in [7, 11) is 0. The highest BCUT2D eigenvalue weighted by Gasteiger charge is 2.36. The molecule has 1 fully saturated rings. The summed E-state index contributed by atoms with van der Waals surface area (Å²) in [5.41, 5.74) is 3.57. The molecule has 3 aromatic rings. The second-order valence-corrected chi connectivity index (χ2v) is 10.1. The van der Waals surface area contributed by atoms with Crippen LogP contribution in [0.25, 0.3) is 11.8 Å². The van der Waals surface area contributed by atoms with E-state index >= 15 is 0 Å². The Kier molecular flexibility index (Phi) is 8.46. The molecular weight excluding hydrogens is 558 g/mol. The number of imide groups is 1. The van der Waals surface area contributed by atoms with Crippen LogP contribution in [0.4, 0.5) is 10.5 Å². The Morgan fingerprint density at radius 2 is 1.77 bits per heavy atom. The van der Waals surface area contributed by atoms with Gasteiger partial charge in [0.05, 0.1) is 27.7 Å². The third-order valence-corrected chi connectivity index (χ3v) is 7.29. The lowest BCUT2D eigenvalue weighted by Crippen LogP contribution is -2.36. The normalized spacial score (nSPS) is 14.1. The highest BCUT2D eigenvalue weighted by Crippen LogP contribution is 2.34. The molecule has 1 saturated heterocycles. The molecule has 4 rings (SSSR count). The maximum atomic E-state index is 13.0. The van der Waals surface area contributed by atoms with E-state index in [0.717, 1.165) is 33.7 Å². The molecule has 10 nitrogen and oxygen atoms in total. The summed E-state index contributed by atoms with van der Waals surface area (Å²) in [6.07, 6.45) is 1.60. The van der Waals surface area contributed by atoms with Crippen molar-refractivity contribution in [3.63, 3.8) is 0 Å². The molecule has 2 heterocycles. The van der Waals surface area contributed by atoms with Gasteiger partial charge in [-0.15, -0.1) is 0 Å². The van der Waals surface area contributed by atoms with Gasteiger partial charge in [0.1, 0.15) is 6.54 Å². The SMILES string of the molecule is CCOC(=O)c1cc(NC(=O)CN2C(=O)S/C(=C/c3cc(C)n(-c4ccc(C(=O)O)cc4)c3C)C2=O)ccc1Cl. The fraction of sp³-hybridized carbons (Fsp3) is 0.179. The fourth-order valence-corrected chi connectivity index (χ4v) is 5.20. The Hall–Kier alpha value is -4.35. The number of ether oxygens (including phenoxy) is 1. The van der Waals surface area contributed by atoms with Gasteiger partial charge in [0.25, 0.3) is 11.1 Å². The van der Waals surface area contributed by atoms with E-state index < -0.39 is 35.5 Å². The van der Waals surface area contributed by atoms with Crippen molar-refractivity contribution >= 4 is 64.1 Å². The summed E-state index contributed by atoms with van der Waals surface area (Å²) >= 11 is 6.78. The maximum absolute atomic E-state index is 13.0. The number of rotatable bonds is 8. The first-order chi connectivity index (χ1) is 19.0. The zero-order valence-electron chi connectivity index (χ0n) is 21.7. The van der Waals surface area contributed by atoms with Crippen LogP contribution in [0.5, 0.6) is 0 Å². The lowest BCUT2D eigenvalue weighted by molar-refractivity contribution is -0.127. The predicted octanol–water partition coefficient (Wildman–Crippen LogP) is 5.30. The number of thioether (sulfide) groups is 1. The number of carboxylic acids is 1. The molecule has 2 N–H and O–H groups in total. The van der Waals surface area contributed by atoms with Gasteiger partial charge in [0, 0.05) is 22.8 Å².